The van der Waals surface area contributed by atoms with E-state index in [9.17, 15) is 20.4 Å². The van der Waals surface area contributed by atoms with Crippen LogP contribution in [0.25, 0.3) is 0 Å². The number of methoxy groups -OCH3 is 3. The van der Waals surface area contributed by atoms with Crippen molar-refractivity contribution >= 4 is 0 Å². The molecule has 0 radical (unpaired) electrons. The van der Waals surface area contributed by atoms with Gasteiger partial charge in [0.25, 0.3) is 0 Å². The molecule has 14 atom stereocenters. The van der Waals surface area contributed by atoms with Gasteiger partial charge in [0.15, 0.2) is 0 Å². The van der Waals surface area contributed by atoms with E-state index in [-0.39, 0.29) is 35.3 Å². The molecule has 6 fully saturated rings. The topological polar surface area (TPSA) is 112 Å². The highest BCUT2D eigenvalue weighted by Crippen LogP contribution is 2.79. The molecule has 182 valence electrons. The molecule has 8 heteroatoms. The predicted molar refractivity (Wildman–Crippen MR) is 114 cm³/mol. The average Bonchev–Trinajstić information content (AvgIpc) is 3.19. The molecule has 0 aromatic heterocycles. The van der Waals surface area contributed by atoms with E-state index in [4.69, 9.17) is 14.2 Å². The molecule has 1 heterocycles. The lowest BCUT2D eigenvalue weighted by molar-refractivity contribution is -0.297. The van der Waals surface area contributed by atoms with Gasteiger partial charge in [-0.15, -0.1) is 0 Å². The Morgan fingerprint density at radius 3 is 2.38 bits per heavy atom. The Morgan fingerprint density at radius 2 is 1.75 bits per heavy atom. The highest BCUT2D eigenvalue weighted by Gasteiger charge is 2.87. The van der Waals surface area contributed by atoms with Crippen molar-refractivity contribution in [3.63, 3.8) is 0 Å². The van der Waals surface area contributed by atoms with Crippen LogP contribution in [0.15, 0.2) is 0 Å². The lowest BCUT2D eigenvalue weighted by atomic mass is 9.43. The van der Waals surface area contributed by atoms with Gasteiger partial charge in [-0.3, -0.25) is 4.90 Å². The maximum absolute atomic E-state index is 12.5. The minimum absolute atomic E-state index is 0.000250. The van der Waals surface area contributed by atoms with Crippen LogP contribution in [0.1, 0.15) is 26.2 Å². The van der Waals surface area contributed by atoms with Crippen LogP contribution in [0.3, 0.4) is 0 Å². The highest BCUT2D eigenvalue weighted by atomic mass is 16.5. The summed E-state index contributed by atoms with van der Waals surface area (Å²) < 4.78 is 17.7. The second-order valence-corrected chi connectivity index (χ2v) is 11.6. The van der Waals surface area contributed by atoms with Gasteiger partial charge >= 0.3 is 0 Å². The fraction of sp³-hybridized carbons (Fsp3) is 1.00. The molecule has 1 aliphatic heterocycles. The monoisotopic (exact) mass is 453 g/mol. The summed E-state index contributed by atoms with van der Waals surface area (Å²) in [6, 6.07) is -0.120. The summed E-state index contributed by atoms with van der Waals surface area (Å²) in [4.78, 5) is 2.42. The molecule has 32 heavy (non-hydrogen) atoms. The number of rotatable bonds is 5. The van der Waals surface area contributed by atoms with Crippen LogP contribution in [0, 0.1) is 40.4 Å². The average molecular weight is 454 g/mol. The molecule has 0 aromatic rings. The molecule has 0 amide bonds. The summed E-state index contributed by atoms with van der Waals surface area (Å²) >= 11 is 0. The first-order chi connectivity index (χ1) is 15.3. The zero-order chi connectivity index (χ0) is 22.8. The molecular formula is C24H39NO7. The van der Waals surface area contributed by atoms with Crippen LogP contribution < -0.4 is 0 Å². The Labute approximate surface area is 189 Å². The van der Waals surface area contributed by atoms with Gasteiger partial charge < -0.3 is 34.6 Å². The van der Waals surface area contributed by atoms with Crippen molar-refractivity contribution in [3.8, 4) is 0 Å². The van der Waals surface area contributed by atoms with Gasteiger partial charge in [0.05, 0.1) is 31.0 Å². The smallest absolute Gasteiger partial charge is 0.110 e. The molecular weight excluding hydrogens is 414 g/mol. The molecule has 7 bridgehead atoms. The van der Waals surface area contributed by atoms with Crippen molar-refractivity contribution in [2.24, 2.45) is 40.4 Å². The van der Waals surface area contributed by atoms with Gasteiger partial charge in [-0.25, -0.2) is 0 Å². The van der Waals surface area contributed by atoms with Gasteiger partial charge in [0, 0.05) is 68.4 Å². The maximum Gasteiger partial charge on any atom is 0.110 e. The third-order valence-electron chi connectivity index (χ3n) is 11.2. The lowest BCUT2D eigenvalue weighted by Crippen LogP contribution is -2.78. The van der Waals surface area contributed by atoms with Crippen molar-refractivity contribution in [2.45, 2.75) is 68.3 Å². The Hall–Kier alpha value is -0.320. The number of fused-ring (bicyclic) bond motifs is 2. The summed E-state index contributed by atoms with van der Waals surface area (Å²) in [5.41, 5.74) is -2.24. The van der Waals surface area contributed by atoms with E-state index in [1.54, 1.807) is 21.3 Å². The maximum atomic E-state index is 12.5. The summed E-state index contributed by atoms with van der Waals surface area (Å²) in [7, 11) is 4.98. The van der Waals surface area contributed by atoms with Gasteiger partial charge in [-0.1, -0.05) is 6.92 Å². The SMILES string of the molecule is CCN1C[C@]2(COC)CC[C@H](O)[C@@]34[C@@H]5C[C@@H]6[C@H](O)[C@@H]5[C@@](O)([C@H]([C@H](OC)[C@@H]23)[C@H]14)[C@@H](O)[C@H]6OC. The number of aliphatic hydroxyl groups excluding tert-OH is 3. The quantitative estimate of drug-likeness (QED) is 0.440. The molecule has 5 aliphatic carbocycles. The fourth-order valence-corrected chi connectivity index (χ4v) is 10.7. The number of likely N-dealkylation sites (tertiary alicyclic amines) is 1. The van der Waals surface area contributed by atoms with E-state index in [1.165, 1.54) is 0 Å². The Balaban J connectivity index is 1.64. The molecule has 0 unspecified atom stereocenters. The first kappa shape index (κ1) is 22.2. The number of aliphatic hydroxyl groups is 4. The van der Waals surface area contributed by atoms with Crippen molar-refractivity contribution < 1.29 is 34.6 Å². The van der Waals surface area contributed by atoms with E-state index in [1.807, 2.05) is 0 Å². The van der Waals surface area contributed by atoms with Gasteiger partial charge in [0.2, 0.25) is 0 Å². The van der Waals surface area contributed by atoms with Crippen molar-refractivity contribution in [1.29, 1.82) is 0 Å². The second kappa shape index (κ2) is 6.88. The van der Waals surface area contributed by atoms with Crippen LogP contribution in [0.2, 0.25) is 0 Å². The molecule has 5 saturated carbocycles. The fourth-order valence-electron chi connectivity index (χ4n) is 10.7. The summed E-state index contributed by atoms with van der Waals surface area (Å²) in [5.74, 6) is -1.29. The normalized spacial score (nSPS) is 62.4. The van der Waals surface area contributed by atoms with Crippen molar-refractivity contribution in [1.82, 2.24) is 4.90 Å². The van der Waals surface area contributed by atoms with Crippen LogP contribution >= 0.6 is 0 Å². The molecule has 1 saturated heterocycles. The van der Waals surface area contributed by atoms with E-state index >= 15 is 0 Å². The number of nitrogens with zero attached hydrogens (tertiary/aromatic N) is 1. The molecule has 6 rings (SSSR count). The zero-order valence-electron chi connectivity index (χ0n) is 19.6. The first-order valence-electron chi connectivity index (χ1n) is 12.3. The van der Waals surface area contributed by atoms with E-state index < -0.39 is 47.3 Å². The third kappa shape index (κ3) is 2.07. The van der Waals surface area contributed by atoms with Crippen LogP contribution in [-0.4, -0.2) is 109 Å². The van der Waals surface area contributed by atoms with E-state index in [0.717, 1.165) is 19.5 Å². The van der Waals surface area contributed by atoms with Gasteiger partial charge in [-0.05, 0) is 31.7 Å². The minimum atomic E-state index is -1.54. The Kier molecular flexibility index (Phi) is 4.76. The molecule has 8 nitrogen and oxygen atoms in total. The molecule has 4 N–H and O–H groups in total. The molecule has 6 aliphatic rings. The van der Waals surface area contributed by atoms with Crippen molar-refractivity contribution in [2.75, 3.05) is 41.0 Å². The van der Waals surface area contributed by atoms with Crippen LogP contribution in [-0.2, 0) is 14.2 Å². The summed E-state index contributed by atoms with van der Waals surface area (Å²) in [5, 5.41) is 47.3. The number of piperidine rings is 1. The molecule has 1 spiro atoms. The van der Waals surface area contributed by atoms with Crippen LogP contribution in [0.4, 0.5) is 0 Å². The van der Waals surface area contributed by atoms with Crippen molar-refractivity contribution in [3.05, 3.63) is 0 Å². The van der Waals surface area contributed by atoms with Gasteiger partial charge in [0.1, 0.15) is 11.7 Å². The zero-order valence-corrected chi connectivity index (χ0v) is 19.6. The van der Waals surface area contributed by atoms with E-state index in [2.05, 4.69) is 11.8 Å². The standard InChI is InChI=1S/C24H39NO7/c1-5-25-9-22(10-30-2)7-6-13(26)23-12-8-11-16(27)14(12)24(29,21(28)17(11)31-3)15(20(23)25)18(32-4)19(22)23/h11-21,26-29H,5-10H2,1-4H3/t11-,12-,13+,14-,15-,16+,17+,18+,19+,20+,21+,22+,23+,24-/m1/s1. The Morgan fingerprint density at radius 1 is 1.03 bits per heavy atom. The highest BCUT2D eigenvalue weighted by molar-refractivity contribution is 5.36. The summed E-state index contributed by atoms with van der Waals surface area (Å²) in [6.45, 7) is 4.33. The number of hydrogen-bond donors (Lipinski definition) is 4. The predicted octanol–water partition coefficient (Wildman–Crippen LogP) is -0.527. The lowest BCUT2D eigenvalue weighted by Gasteiger charge is -2.69. The molecule has 0 aromatic carbocycles. The second-order valence-electron chi connectivity index (χ2n) is 11.6. The largest absolute Gasteiger partial charge is 0.392 e. The number of ether oxygens (including phenoxy) is 3. The number of hydrogen-bond acceptors (Lipinski definition) is 8. The van der Waals surface area contributed by atoms with Crippen LogP contribution in [0.5, 0.6) is 0 Å². The van der Waals surface area contributed by atoms with E-state index in [0.29, 0.717) is 19.4 Å². The minimum Gasteiger partial charge on any atom is -0.392 e. The van der Waals surface area contributed by atoms with Gasteiger partial charge in [-0.2, -0.15) is 0 Å². The third-order valence-corrected chi connectivity index (χ3v) is 11.2. The summed E-state index contributed by atoms with van der Waals surface area (Å²) in [6.07, 6.45) is -1.22. The first-order valence-corrected chi connectivity index (χ1v) is 12.3. The Bertz CT molecular complexity index is 783.